The third-order valence-electron chi connectivity index (χ3n) is 4.83. The Morgan fingerprint density at radius 2 is 2.22 bits per heavy atom. The maximum absolute atomic E-state index is 14.1. The van der Waals surface area contributed by atoms with E-state index < -0.39 is 0 Å². The van der Waals surface area contributed by atoms with Gasteiger partial charge in [0.1, 0.15) is 11.2 Å². The van der Waals surface area contributed by atoms with Crippen LogP contribution in [0.3, 0.4) is 0 Å². The van der Waals surface area contributed by atoms with Gasteiger partial charge >= 0.3 is 0 Å². The van der Waals surface area contributed by atoms with Crippen molar-refractivity contribution >= 4 is 33.3 Å². The van der Waals surface area contributed by atoms with Crippen molar-refractivity contribution in [2.24, 2.45) is 0 Å². The first-order chi connectivity index (χ1) is 13.2. The molecule has 1 aliphatic rings. The van der Waals surface area contributed by atoms with Gasteiger partial charge in [-0.1, -0.05) is 0 Å². The Kier molecular flexibility index (Phi) is 3.64. The summed E-state index contributed by atoms with van der Waals surface area (Å²) in [6.45, 7) is 1.24. The van der Waals surface area contributed by atoms with Crippen molar-refractivity contribution in [3.63, 3.8) is 0 Å². The Morgan fingerprint density at radius 1 is 1.30 bits per heavy atom. The largest absolute Gasteiger partial charge is 0.379 e. The molecule has 1 saturated heterocycles. The molecule has 0 amide bonds. The maximum atomic E-state index is 14.1. The molecule has 4 heterocycles. The number of anilines is 2. The van der Waals surface area contributed by atoms with Crippen LogP contribution in [0, 0.1) is 5.82 Å². The molecule has 27 heavy (non-hydrogen) atoms. The van der Waals surface area contributed by atoms with Gasteiger partial charge in [-0.25, -0.2) is 4.39 Å². The zero-order valence-corrected chi connectivity index (χ0v) is 14.3. The summed E-state index contributed by atoms with van der Waals surface area (Å²) in [6, 6.07) is 8.42. The molecule has 0 bridgehead atoms. The molecule has 3 aromatic heterocycles. The number of fused-ring (bicyclic) bond motifs is 2. The van der Waals surface area contributed by atoms with Gasteiger partial charge in [0.05, 0.1) is 23.7 Å². The summed E-state index contributed by atoms with van der Waals surface area (Å²) >= 11 is 0. The highest BCUT2D eigenvalue weighted by Crippen LogP contribution is 2.29. The molecular weight excluding hydrogens is 349 g/mol. The van der Waals surface area contributed by atoms with Gasteiger partial charge in [-0.15, -0.1) is 0 Å². The third-order valence-corrected chi connectivity index (χ3v) is 4.83. The van der Waals surface area contributed by atoms with Crippen LogP contribution in [0.1, 0.15) is 12.5 Å². The minimum atomic E-state index is -0.347. The summed E-state index contributed by atoms with van der Waals surface area (Å²) in [6.07, 6.45) is 3.89. The highest BCUT2D eigenvalue weighted by molar-refractivity contribution is 5.92. The zero-order chi connectivity index (χ0) is 18.4. The molecule has 7 nitrogen and oxygen atoms in total. The summed E-state index contributed by atoms with van der Waals surface area (Å²) in [4.78, 5) is 19.3. The lowest BCUT2D eigenvalue weighted by Crippen LogP contribution is -2.11. The van der Waals surface area contributed by atoms with Crippen LogP contribution >= 0.6 is 0 Å². The number of ether oxygens (including phenoxy) is 1. The van der Waals surface area contributed by atoms with E-state index in [2.05, 4.69) is 20.4 Å². The number of hydrogen-bond acceptors (Lipinski definition) is 5. The Balaban J connectivity index is 1.63. The van der Waals surface area contributed by atoms with Crippen molar-refractivity contribution in [2.75, 3.05) is 18.5 Å². The Morgan fingerprint density at radius 3 is 3.07 bits per heavy atom. The van der Waals surface area contributed by atoms with Gasteiger partial charge in [0.25, 0.3) is 5.56 Å². The summed E-state index contributed by atoms with van der Waals surface area (Å²) < 4.78 is 21.4. The lowest BCUT2D eigenvalue weighted by molar-refractivity contribution is 0.185. The van der Waals surface area contributed by atoms with Crippen LogP contribution in [-0.4, -0.2) is 33.0 Å². The number of nitrogens with zero attached hydrogens (tertiary/aromatic N) is 3. The van der Waals surface area contributed by atoms with Gasteiger partial charge in [0.15, 0.2) is 5.82 Å². The van der Waals surface area contributed by atoms with Crippen molar-refractivity contribution in [1.82, 2.24) is 19.7 Å². The van der Waals surface area contributed by atoms with Crippen LogP contribution in [0.4, 0.5) is 15.9 Å². The van der Waals surface area contributed by atoms with E-state index >= 15 is 0 Å². The van der Waals surface area contributed by atoms with Gasteiger partial charge < -0.3 is 15.0 Å². The predicted molar refractivity (Wildman–Crippen MR) is 99.8 cm³/mol. The van der Waals surface area contributed by atoms with E-state index in [1.807, 2.05) is 10.7 Å². The number of aromatic nitrogens is 4. The number of halogens is 1. The number of aromatic amines is 1. The molecule has 136 valence electrons. The van der Waals surface area contributed by atoms with Crippen LogP contribution in [-0.2, 0) is 4.74 Å². The Labute approximate surface area is 152 Å². The van der Waals surface area contributed by atoms with Crippen molar-refractivity contribution < 1.29 is 9.13 Å². The fraction of sp³-hybridized carbons (Fsp3) is 0.211. The highest BCUT2D eigenvalue weighted by Gasteiger charge is 2.23. The van der Waals surface area contributed by atoms with Crippen molar-refractivity contribution in [2.45, 2.75) is 12.5 Å². The second kappa shape index (κ2) is 6.17. The second-order valence-electron chi connectivity index (χ2n) is 6.53. The predicted octanol–water partition coefficient (Wildman–Crippen LogP) is 3.12. The van der Waals surface area contributed by atoms with Crippen molar-refractivity contribution in [3.8, 4) is 0 Å². The molecule has 0 spiro atoms. The zero-order valence-electron chi connectivity index (χ0n) is 14.3. The quantitative estimate of drug-likeness (QED) is 0.583. The van der Waals surface area contributed by atoms with E-state index in [9.17, 15) is 9.18 Å². The molecule has 1 unspecified atom stereocenters. The summed E-state index contributed by atoms with van der Waals surface area (Å²) in [5.41, 5.74) is 1.71. The lowest BCUT2D eigenvalue weighted by atomic mass is 10.2. The van der Waals surface area contributed by atoms with Crippen molar-refractivity contribution in [3.05, 3.63) is 58.9 Å². The molecule has 0 aliphatic carbocycles. The fourth-order valence-electron chi connectivity index (χ4n) is 3.51. The molecule has 1 aromatic carbocycles. The van der Waals surface area contributed by atoms with E-state index in [-0.39, 0.29) is 17.4 Å². The molecule has 0 radical (unpaired) electrons. The molecule has 2 N–H and O–H groups in total. The number of rotatable bonds is 3. The molecule has 1 aliphatic heterocycles. The SMILES string of the molecule is O=c1[nH]ccc2c1c(Nc1ccc3nccc(F)c3c1)nn2C1CCOC1. The number of hydrogen-bond donors (Lipinski definition) is 2. The summed E-state index contributed by atoms with van der Waals surface area (Å²) in [5, 5.41) is 8.67. The molecule has 1 fully saturated rings. The molecular formula is C19H16FN5O2. The molecule has 0 saturated carbocycles. The van der Waals surface area contributed by atoms with Gasteiger partial charge in [-0.05, 0) is 36.8 Å². The van der Waals surface area contributed by atoms with Crippen LogP contribution in [0.25, 0.3) is 21.8 Å². The third kappa shape index (κ3) is 2.65. The van der Waals surface area contributed by atoms with Crippen LogP contribution in [0.15, 0.2) is 47.5 Å². The number of pyridine rings is 2. The smallest absolute Gasteiger partial charge is 0.261 e. The number of H-pyrrole nitrogens is 1. The monoisotopic (exact) mass is 365 g/mol. The molecule has 4 aromatic rings. The van der Waals surface area contributed by atoms with Gasteiger partial charge in [0.2, 0.25) is 0 Å². The van der Waals surface area contributed by atoms with E-state index in [4.69, 9.17) is 4.74 Å². The molecule has 8 heteroatoms. The van der Waals surface area contributed by atoms with E-state index in [0.717, 1.165) is 11.9 Å². The number of nitrogens with one attached hydrogen (secondary N) is 2. The standard InChI is InChI=1S/C19H16FN5O2/c20-14-3-6-21-15-2-1-11(9-13(14)15)23-18-17-16(4-7-22-19(17)26)25(24-18)12-5-8-27-10-12/h1-4,6-7,9,12H,5,8,10H2,(H,22,26)(H,23,24). The van der Waals surface area contributed by atoms with Gasteiger partial charge in [-0.2, -0.15) is 5.10 Å². The van der Waals surface area contributed by atoms with Gasteiger partial charge in [-0.3, -0.25) is 14.5 Å². The summed E-state index contributed by atoms with van der Waals surface area (Å²) in [7, 11) is 0. The topological polar surface area (TPSA) is 84.8 Å². The van der Waals surface area contributed by atoms with E-state index in [1.54, 1.807) is 24.4 Å². The average Bonchev–Trinajstić information content (AvgIpc) is 3.31. The first kappa shape index (κ1) is 16.0. The Bertz CT molecular complexity index is 1210. The first-order valence-corrected chi connectivity index (χ1v) is 8.69. The molecule has 5 rings (SSSR count). The maximum Gasteiger partial charge on any atom is 0.261 e. The van der Waals surface area contributed by atoms with Gasteiger partial charge in [0, 0.05) is 30.1 Å². The van der Waals surface area contributed by atoms with Crippen molar-refractivity contribution in [1.29, 1.82) is 0 Å². The average molecular weight is 365 g/mol. The van der Waals surface area contributed by atoms with E-state index in [1.165, 1.54) is 12.3 Å². The van der Waals surface area contributed by atoms with E-state index in [0.29, 0.717) is 41.0 Å². The summed E-state index contributed by atoms with van der Waals surface area (Å²) in [5.74, 6) is 0.0855. The van der Waals surface area contributed by atoms with Crippen LogP contribution < -0.4 is 10.9 Å². The fourth-order valence-corrected chi connectivity index (χ4v) is 3.51. The Hall–Kier alpha value is -3.26. The minimum Gasteiger partial charge on any atom is -0.379 e. The van der Waals surface area contributed by atoms with Crippen LogP contribution in [0.5, 0.6) is 0 Å². The normalized spacial score (nSPS) is 17.0. The second-order valence-corrected chi connectivity index (χ2v) is 6.53. The first-order valence-electron chi connectivity index (χ1n) is 8.69. The molecule has 1 atom stereocenters. The lowest BCUT2D eigenvalue weighted by Gasteiger charge is -2.09. The minimum absolute atomic E-state index is 0.0862. The number of benzene rings is 1. The van der Waals surface area contributed by atoms with Crippen LogP contribution in [0.2, 0.25) is 0 Å². The highest BCUT2D eigenvalue weighted by atomic mass is 19.1.